The van der Waals surface area contributed by atoms with Gasteiger partial charge in [-0.15, -0.1) is 0 Å². The van der Waals surface area contributed by atoms with E-state index in [4.69, 9.17) is 9.47 Å². The summed E-state index contributed by atoms with van der Waals surface area (Å²) >= 11 is 7.66. The van der Waals surface area contributed by atoms with Gasteiger partial charge in [-0.2, -0.15) is 0 Å². The van der Waals surface area contributed by atoms with E-state index in [0.29, 0.717) is 44.7 Å². The first-order chi connectivity index (χ1) is 12.9. The maximum absolute atomic E-state index is 12.4. The molecule has 0 saturated carbocycles. The fourth-order valence-electron chi connectivity index (χ4n) is 2.20. The fraction of sp³-hybridized carbons (Fsp3) is 0.353. The first kappa shape index (κ1) is 21.9. The van der Waals surface area contributed by atoms with Crippen LogP contribution in [-0.2, 0) is 19.1 Å². The molecule has 1 heterocycles. The van der Waals surface area contributed by atoms with E-state index < -0.39 is 5.97 Å². The Morgan fingerprint density at radius 3 is 2.48 bits per heavy atom. The first-order valence-electron chi connectivity index (χ1n) is 7.80. The Bertz CT molecular complexity index is 760. The molecule has 2 amide bonds. The SMILES string of the molecule is COCCCN1C(=O)S/C(=C/c2cc(Br)c(OCC(=O)OC)c(Br)c2)C1=O. The van der Waals surface area contributed by atoms with E-state index in [1.807, 2.05) is 0 Å². The van der Waals surface area contributed by atoms with Gasteiger partial charge in [0, 0.05) is 20.3 Å². The van der Waals surface area contributed by atoms with Crippen LogP contribution in [0.3, 0.4) is 0 Å². The zero-order chi connectivity index (χ0) is 20.0. The zero-order valence-corrected chi connectivity index (χ0v) is 18.6. The summed E-state index contributed by atoms with van der Waals surface area (Å²) in [7, 11) is 2.85. The molecule has 0 spiro atoms. The minimum absolute atomic E-state index is 0.229. The average Bonchev–Trinajstić information content (AvgIpc) is 2.88. The lowest BCUT2D eigenvalue weighted by Crippen LogP contribution is -2.29. The normalized spacial score (nSPS) is 15.6. The molecular formula is C17H17Br2NO6S. The molecule has 1 aromatic carbocycles. The third-order valence-electron chi connectivity index (χ3n) is 3.48. The van der Waals surface area contributed by atoms with Crippen molar-refractivity contribution in [2.45, 2.75) is 6.42 Å². The van der Waals surface area contributed by atoms with Crippen LogP contribution in [0.15, 0.2) is 26.0 Å². The lowest BCUT2D eigenvalue weighted by molar-refractivity contribution is -0.143. The molecule has 1 aliphatic rings. The molecule has 146 valence electrons. The highest BCUT2D eigenvalue weighted by Gasteiger charge is 2.34. The number of benzene rings is 1. The van der Waals surface area contributed by atoms with E-state index in [0.717, 1.165) is 11.8 Å². The largest absolute Gasteiger partial charge is 0.480 e. The van der Waals surface area contributed by atoms with Crippen LogP contribution in [0.25, 0.3) is 6.08 Å². The van der Waals surface area contributed by atoms with Crippen molar-refractivity contribution in [2.24, 2.45) is 0 Å². The summed E-state index contributed by atoms with van der Waals surface area (Å²) < 4.78 is 16.1. The highest BCUT2D eigenvalue weighted by Crippen LogP contribution is 2.37. The van der Waals surface area contributed by atoms with E-state index in [2.05, 4.69) is 36.6 Å². The van der Waals surface area contributed by atoms with Gasteiger partial charge in [-0.3, -0.25) is 14.5 Å². The predicted molar refractivity (Wildman–Crippen MR) is 109 cm³/mol. The van der Waals surface area contributed by atoms with Crippen molar-refractivity contribution >= 4 is 66.8 Å². The van der Waals surface area contributed by atoms with Crippen molar-refractivity contribution in [2.75, 3.05) is 34.0 Å². The fourth-order valence-corrected chi connectivity index (χ4v) is 4.52. The number of nitrogens with zero attached hydrogens (tertiary/aromatic N) is 1. The van der Waals surface area contributed by atoms with Crippen LogP contribution in [0.5, 0.6) is 5.75 Å². The van der Waals surface area contributed by atoms with E-state index in [9.17, 15) is 14.4 Å². The van der Waals surface area contributed by atoms with Crippen LogP contribution in [-0.4, -0.2) is 56.0 Å². The number of carbonyl (C=O) groups excluding carboxylic acids is 3. The maximum atomic E-state index is 12.4. The number of imide groups is 1. The predicted octanol–water partition coefficient (Wildman–Crippen LogP) is 3.84. The number of methoxy groups -OCH3 is 2. The molecule has 27 heavy (non-hydrogen) atoms. The van der Waals surface area contributed by atoms with E-state index >= 15 is 0 Å². The van der Waals surface area contributed by atoms with Crippen LogP contribution in [0.2, 0.25) is 0 Å². The van der Waals surface area contributed by atoms with Crippen LogP contribution in [0.4, 0.5) is 4.79 Å². The average molecular weight is 523 g/mol. The quantitative estimate of drug-likeness (QED) is 0.291. The summed E-state index contributed by atoms with van der Waals surface area (Å²) in [4.78, 5) is 37.3. The molecule has 0 aliphatic carbocycles. The number of esters is 1. The summed E-state index contributed by atoms with van der Waals surface area (Å²) in [5.74, 6) is -0.385. The highest BCUT2D eigenvalue weighted by atomic mass is 79.9. The van der Waals surface area contributed by atoms with Gasteiger partial charge < -0.3 is 14.2 Å². The van der Waals surface area contributed by atoms with Crippen LogP contribution in [0, 0.1) is 0 Å². The molecule has 0 N–H and O–H groups in total. The molecular weight excluding hydrogens is 506 g/mol. The molecule has 0 bridgehead atoms. The molecule has 0 radical (unpaired) electrons. The highest BCUT2D eigenvalue weighted by molar-refractivity contribution is 9.11. The standard InChI is InChI=1S/C17H17Br2NO6S/c1-24-5-3-4-20-16(22)13(27-17(20)23)8-10-6-11(18)15(12(19)7-10)26-9-14(21)25-2/h6-8H,3-5,9H2,1-2H3/b13-8+. The monoisotopic (exact) mass is 521 g/mol. The lowest BCUT2D eigenvalue weighted by Gasteiger charge is -2.11. The molecule has 1 aromatic rings. The Morgan fingerprint density at radius 2 is 1.89 bits per heavy atom. The van der Waals surface area contributed by atoms with Crippen molar-refractivity contribution in [3.63, 3.8) is 0 Å². The molecule has 0 unspecified atom stereocenters. The maximum Gasteiger partial charge on any atom is 0.343 e. The second-order valence-corrected chi connectivity index (χ2v) is 8.06. The van der Waals surface area contributed by atoms with Crippen molar-refractivity contribution in [3.05, 3.63) is 31.5 Å². The molecule has 0 aromatic heterocycles. The molecule has 10 heteroatoms. The second-order valence-electron chi connectivity index (χ2n) is 5.36. The molecule has 1 saturated heterocycles. The Labute approximate surface area is 177 Å². The summed E-state index contributed by atoms with van der Waals surface area (Å²) in [6, 6.07) is 3.46. The number of carbonyl (C=O) groups is 3. The first-order valence-corrected chi connectivity index (χ1v) is 10.2. The molecule has 0 atom stereocenters. The Morgan fingerprint density at radius 1 is 1.22 bits per heavy atom. The van der Waals surface area contributed by atoms with Gasteiger partial charge in [-0.1, -0.05) is 0 Å². The summed E-state index contributed by atoms with van der Waals surface area (Å²) in [6.07, 6.45) is 2.23. The third-order valence-corrected chi connectivity index (χ3v) is 5.57. The number of halogens is 2. The van der Waals surface area contributed by atoms with E-state index in [1.54, 1.807) is 25.3 Å². The Hall–Kier alpha value is -1.36. The third kappa shape index (κ3) is 5.81. The van der Waals surface area contributed by atoms with Crippen LogP contribution in [0.1, 0.15) is 12.0 Å². The number of hydrogen-bond acceptors (Lipinski definition) is 7. The lowest BCUT2D eigenvalue weighted by atomic mass is 10.2. The van der Waals surface area contributed by atoms with Crippen LogP contribution < -0.4 is 4.74 Å². The minimum Gasteiger partial charge on any atom is -0.480 e. The second kappa shape index (κ2) is 10.3. The van der Waals surface area contributed by atoms with Crippen molar-refractivity contribution in [3.8, 4) is 5.75 Å². The van der Waals surface area contributed by atoms with Gasteiger partial charge in [0.15, 0.2) is 6.61 Å². The molecule has 2 rings (SSSR count). The van der Waals surface area contributed by atoms with Gasteiger partial charge >= 0.3 is 5.97 Å². The van der Waals surface area contributed by atoms with Crippen molar-refractivity contribution in [1.82, 2.24) is 4.90 Å². The smallest absolute Gasteiger partial charge is 0.343 e. The van der Waals surface area contributed by atoms with Gasteiger partial charge in [-0.25, -0.2) is 4.79 Å². The zero-order valence-electron chi connectivity index (χ0n) is 14.6. The van der Waals surface area contributed by atoms with Crippen LogP contribution >= 0.6 is 43.6 Å². The topological polar surface area (TPSA) is 82.1 Å². The summed E-state index contributed by atoms with van der Waals surface area (Å²) in [5, 5.41) is -0.293. The molecule has 7 nitrogen and oxygen atoms in total. The van der Waals surface area contributed by atoms with Crippen molar-refractivity contribution in [1.29, 1.82) is 0 Å². The molecule has 1 aliphatic heterocycles. The minimum atomic E-state index is -0.500. The number of ether oxygens (including phenoxy) is 3. The Kier molecular flexibility index (Phi) is 8.33. The number of thioether (sulfide) groups is 1. The molecule has 1 fully saturated rings. The summed E-state index contributed by atoms with van der Waals surface area (Å²) in [5.41, 5.74) is 0.696. The number of rotatable bonds is 8. The number of hydrogen-bond donors (Lipinski definition) is 0. The van der Waals surface area contributed by atoms with Crippen molar-refractivity contribution < 1.29 is 28.6 Å². The number of amides is 2. The Balaban J connectivity index is 2.15. The van der Waals surface area contributed by atoms with Gasteiger partial charge in [0.05, 0.1) is 21.0 Å². The van der Waals surface area contributed by atoms with E-state index in [-0.39, 0.29) is 17.8 Å². The summed E-state index contributed by atoms with van der Waals surface area (Å²) in [6.45, 7) is 0.574. The van der Waals surface area contributed by atoms with Gasteiger partial charge in [0.25, 0.3) is 11.1 Å². The van der Waals surface area contributed by atoms with Gasteiger partial charge in [0.2, 0.25) is 0 Å². The van der Waals surface area contributed by atoms with Gasteiger partial charge in [0.1, 0.15) is 5.75 Å². The van der Waals surface area contributed by atoms with E-state index in [1.165, 1.54) is 12.0 Å². The van der Waals surface area contributed by atoms with Gasteiger partial charge in [-0.05, 0) is 73.8 Å².